The van der Waals surface area contributed by atoms with Crippen LogP contribution >= 0.6 is 0 Å². The van der Waals surface area contributed by atoms with E-state index in [0.29, 0.717) is 6.42 Å². The van der Waals surface area contributed by atoms with Crippen molar-refractivity contribution in [3.05, 3.63) is 70.3 Å². The maximum Gasteiger partial charge on any atom is 0.330 e. The topological polar surface area (TPSA) is 69.2 Å². The Morgan fingerprint density at radius 1 is 1.06 bits per heavy atom. The molecule has 2 unspecified atom stereocenters. The van der Waals surface area contributed by atoms with E-state index in [-0.39, 0.29) is 18.4 Å². The molecule has 2 heterocycles. The fourth-order valence-corrected chi connectivity index (χ4v) is 4.70. The lowest BCUT2D eigenvalue weighted by atomic mass is 10.0. The molecule has 4 rings (SSSR count). The van der Waals surface area contributed by atoms with Crippen molar-refractivity contribution in [3.8, 4) is 0 Å². The highest BCUT2D eigenvalue weighted by Crippen LogP contribution is 2.27. The van der Waals surface area contributed by atoms with Crippen LogP contribution in [-0.4, -0.2) is 24.8 Å². The van der Waals surface area contributed by atoms with Gasteiger partial charge < -0.3 is 9.67 Å². The number of imidazole rings is 1. The third kappa shape index (κ3) is 3.56. The van der Waals surface area contributed by atoms with E-state index in [2.05, 4.69) is 36.6 Å². The van der Waals surface area contributed by atoms with E-state index in [1.54, 1.807) is 9.13 Å². The molecule has 0 bridgehead atoms. The van der Waals surface area contributed by atoms with Gasteiger partial charge in [-0.3, -0.25) is 13.9 Å². The van der Waals surface area contributed by atoms with Crippen LogP contribution in [0.25, 0.3) is 21.9 Å². The van der Waals surface area contributed by atoms with Gasteiger partial charge in [-0.25, -0.2) is 4.79 Å². The Morgan fingerprint density at radius 2 is 1.77 bits per heavy atom. The van der Waals surface area contributed by atoms with E-state index in [9.17, 15) is 14.7 Å². The number of carboxylic acid groups (broad SMARTS) is 1. The highest BCUT2D eigenvalue weighted by atomic mass is 16.4. The van der Waals surface area contributed by atoms with Gasteiger partial charge in [0.2, 0.25) is 0 Å². The Balaban J connectivity index is 1.88. The Morgan fingerprint density at radius 3 is 2.45 bits per heavy atom. The minimum atomic E-state index is -0.860. The molecule has 0 radical (unpaired) electrons. The van der Waals surface area contributed by atoms with E-state index in [1.165, 1.54) is 16.5 Å². The van der Waals surface area contributed by atoms with Gasteiger partial charge in [0, 0.05) is 18.1 Å². The molecule has 6 heteroatoms. The molecule has 1 N–H and O–H groups in total. The molecule has 162 valence electrons. The number of carbonyl (C=O) groups is 1. The van der Waals surface area contributed by atoms with Gasteiger partial charge in [-0.2, -0.15) is 0 Å². The second kappa shape index (κ2) is 8.10. The second-order valence-electron chi connectivity index (χ2n) is 8.45. The highest BCUT2D eigenvalue weighted by molar-refractivity contribution is 5.84. The molecule has 0 aliphatic heterocycles. The molecule has 0 spiro atoms. The number of rotatable bonds is 7. The fourth-order valence-electron chi connectivity index (χ4n) is 4.70. The van der Waals surface area contributed by atoms with Crippen molar-refractivity contribution in [1.29, 1.82) is 0 Å². The van der Waals surface area contributed by atoms with E-state index < -0.39 is 11.9 Å². The number of fused-ring (bicyclic) bond motifs is 2. The SMILES string of the molecule is CCCC(Cn1c(=O)n(C(C)n2ccc3c(C)cc(C)cc32)c2ccccc21)C(=O)O. The van der Waals surface area contributed by atoms with Crippen LogP contribution in [0, 0.1) is 19.8 Å². The van der Waals surface area contributed by atoms with Gasteiger partial charge in [0.25, 0.3) is 0 Å². The largest absolute Gasteiger partial charge is 0.481 e. The molecule has 0 aliphatic carbocycles. The summed E-state index contributed by atoms with van der Waals surface area (Å²) in [6.45, 7) is 8.32. The van der Waals surface area contributed by atoms with Gasteiger partial charge in [-0.1, -0.05) is 31.5 Å². The molecule has 0 fully saturated rings. The lowest BCUT2D eigenvalue weighted by Crippen LogP contribution is -2.32. The number of nitrogens with zero attached hydrogens (tertiary/aromatic N) is 3. The van der Waals surface area contributed by atoms with E-state index in [0.717, 1.165) is 23.0 Å². The number of aromatic nitrogens is 3. The van der Waals surface area contributed by atoms with Crippen molar-refractivity contribution < 1.29 is 9.90 Å². The molecule has 0 amide bonds. The van der Waals surface area contributed by atoms with Crippen LogP contribution < -0.4 is 5.69 Å². The van der Waals surface area contributed by atoms with Crippen molar-refractivity contribution >= 4 is 27.9 Å². The summed E-state index contributed by atoms with van der Waals surface area (Å²) in [5.74, 6) is -1.45. The van der Waals surface area contributed by atoms with Crippen LogP contribution in [0.15, 0.2) is 53.5 Å². The number of aliphatic carboxylic acids is 1. The first kappa shape index (κ1) is 21.0. The molecular weight excluding hydrogens is 390 g/mol. The molecule has 0 saturated heterocycles. The molecule has 2 atom stereocenters. The standard InChI is InChI=1S/C25H29N3O3/c1-5-8-19(24(29)30)15-27-21-9-6-7-10-22(21)28(25(27)31)18(4)26-12-11-20-17(3)13-16(2)14-23(20)26/h6-7,9-14,18-19H,5,8,15H2,1-4H3,(H,29,30). The number of aryl methyl sites for hydroxylation is 2. The minimum Gasteiger partial charge on any atom is -0.481 e. The lowest BCUT2D eigenvalue weighted by molar-refractivity contribution is -0.142. The average Bonchev–Trinajstić information content (AvgIpc) is 3.26. The fraction of sp³-hybridized carbons (Fsp3) is 0.360. The number of carboxylic acids is 1. The predicted molar refractivity (Wildman–Crippen MR) is 124 cm³/mol. The highest BCUT2D eigenvalue weighted by Gasteiger charge is 2.24. The van der Waals surface area contributed by atoms with Gasteiger partial charge in [-0.05, 0) is 62.6 Å². The number of hydrogen-bond donors (Lipinski definition) is 1. The van der Waals surface area contributed by atoms with Crippen molar-refractivity contribution in [2.45, 2.75) is 53.2 Å². The quantitative estimate of drug-likeness (QED) is 0.461. The van der Waals surface area contributed by atoms with Crippen LogP contribution in [0.5, 0.6) is 0 Å². The van der Waals surface area contributed by atoms with E-state index in [1.807, 2.05) is 44.3 Å². The van der Waals surface area contributed by atoms with Gasteiger partial charge in [0.1, 0.15) is 6.17 Å². The lowest BCUT2D eigenvalue weighted by Gasteiger charge is -2.18. The van der Waals surface area contributed by atoms with Gasteiger partial charge >= 0.3 is 11.7 Å². The summed E-state index contributed by atoms with van der Waals surface area (Å²) in [4.78, 5) is 25.3. The normalized spacial score (nSPS) is 13.7. The van der Waals surface area contributed by atoms with Crippen molar-refractivity contribution in [3.63, 3.8) is 0 Å². The third-order valence-electron chi connectivity index (χ3n) is 6.22. The third-order valence-corrected chi connectivity index (χ3v) is 6.22. The molecule has 2 aromatic heterocycles. The molecule has 0 aliphatic rings. The first-order valence-electron chi connectivity index (χ1n) is 10.8. The number of para-hydroxylation sites is 2. The van der Waals surface area contributed by atoms with E-state index in [4.69, 9.17) is 0 Å². The molecular formula is C25H29N3O3. The Hall–Kier alpha value is -3.28. The summed E-state index contributed by atoms with van der Waals surface area (Å²) in [6.07, 6.45) is 3.07. The molecule has 0 saturated carbocycles. The zero-order chi connectivity index (χ0) is 22.3. The zero-order valence-electron chi connectivity index (χ0n) is 18.5. The van der Waals surface area contributed by atoms with Crippen LogP contribution in [-0.2, 0) is 11.3 Å². The van der Waals surface area contributed by atoms with Crippen molar-refractivity contribution in [1.82, 2.24) is 13.7 Å². The number of hydrogen-bond acceptors (Lipinski definition) is 2. The van der Waals surface area contributed by atoms with Crippen LogP contribution in [0.4, 0.5) is 0 Å². The Labute approximate surface area is 181 Å². The predicted octanol–water partition coefficient (Wildman–Crippen LogP) is 4.94. The van der Waals surface area contributed by atoms with Crippen LogP contribution in [0.1, 0.15) is 44.0 Å². The van der Waals surface area contributed by atoms with E-state index >= 15 is 0 Å². The summed E-state index contributed by atoms with van der Waals surface area (Å²) >= 11 is 0. The summed E-state index contributed by atoms with van der Waals surface area (Å²) in [6, 6.07) is 14.0. The number of benzene rings is 2. The summed E-state index contributed by atoms with van der Waals surface area (Å²) in [5, 5.41) is 10.8. The second-order valence-corrected chi connectivity index (χ2v) is 8.45. The van der Waals surface area contributed by atoms with Crippen molar-refractivity contribution in [2.24, 2.45) is 5.92 Å². The summed E-state index contributed by atoms with van der Waals surface area (Å²) in [7, 11) is 0. The average molecular weight is 420 g/mol. The smallest absolute Gasteiger partial charge is 0.330 e. The Bertz CT molecular complexity index is 1330. The van der Waals surface area contributed by atoms with Crippen LogP contribution in [0.3, 0.4) is 0 Å². The molecule has 4 aromatic rings. The van der Waals surface area contributed by atoms with Gasteiger partial charge in [0.05, 0.1) is 22.5 Å². The van der Waals surface area contributed by atoms with Gasteiger partial charge in [-0.15, -0.1) is 0 Å². The first-order valence-corrected chi connectivity index (χ1v) is 10.8. The monoisotopic (exact) mass is 419 g/mol. The maximum atomic E-state index is 13.6. The van der Waals surface area contributed by atoms with Crippen molar-refractivity contribution in [2.75, 3.05) is 0 Å². The minimum absolute atomic E-state index is 0.173. The molecule has 2 aromatic carbocycles. The Kier molecular flexibility index (Phi) is 5.48. The first-order chi connectivity index (χ1) is 14.8. The molecule has 6 nitrogen and oxygen atoms in total. The molecule has 31 heavy (non-hydrogen) atoms. The van der Waals surface area contributed by atoms with Crippen LogP contribution in [0.2, 0.25) is 0 Å². The zero-order valence-corrected chi connectivity index (χ0v) is 18.5. The van der Waals surface area contributed by atoms with Gasteiger partial charge in [0.15, 0.2) is 0 Å². The summed E-state index contributed by atoms with van der Waals surface area (Å²) in [5.41, 5.74) is 4.87. The summed E-state index contributed by atoms with van der Waals surface area (Å²) < 4.78 is 5.52. The maximum absolute atomic E-state index is 13.6.